The lowest BCUT2D eigenvalue weighted by molar-refractivity contribution is 0.257. The molecular weight excluding hydrogens is 195 g/mol. The van der Waals surface area contributed by atoms with E-state index >= 15 is 0 Å². The summed E-state index contributed by atoms with van der Waals surface area (Å²) in [7, 11) is 0. The minimum atomic E-state index is -0.581. The molecule has 0 aromatic carbocycles. The second kappa shape index (κ2) is 2.88. The van der Waals surface area contributed by atoms with E-state index < -0.39 is 11.9 Å². The van der Waals surface area contributed by atoms with Crippen LogP contribution in [0.3, 0.4) is 0 Å². The van der Waals surface area contributed by atoms with Crippen molar-refractivity contribution in [2.45, 2.75) is 0 Å². The highest BCUT2D eigenvalue weighted by molar-refractivity contribution is 6.35. The molecule has 1 unspecified atom stereocenters. The fourth-order valence-electron chi connectivity index (χ4n) is 1.13. The lowest BCUT2D eigenvalue weighted by Gasteiger charge is -2.15. The van der Waals surface area contributed by atoms with Crippen LogP contribution in [0.2, 0.25) is 0 Å². The van der Waals surface area contributed by atoms with Gasteiger partial charge in [-0.1, -0.05) is 11.6 Å². The zero-order valence-corrected chi connectivity index (χ0v) is 7.12. The van der Waals surface area contributed by atoms with Gasteiger partial charge in [-0.05, 0) is 12.2 Å². The molecule has 1 atom stereocenters. The zero-order chi connectivity index (χ0) is 9.42. The Balaban J connectivity index is 2.43. The van der Waals surface area contributed by atoms with Crippen LogP contribution in [0.1, 0.15) is 0 Å². The van der Waals surface area contributed by atoms with E-state index in [4.69, 9.17) is 11.6 Å². The predicted octanol–water partition coefficient (Wildman–Crippen LogP) is 2.24. The second-order valence-electron chi connectivity index (χ2n) is 2.63. The maximum atomic E-state index is 12.9. The summed E-state index contributed by atoms with van der Waals surface area (Å²) in [6.07, 6.45) is 3.96. The molecule has 0 fully saturated rings. The molecule has 0 N–H and O–H groups in total. The fourth-order valence-corrected chi connectivity index (χ4v) is 1.30. The molecular formula is C8H4ClFN2O. The van der Waals surface area contributed by atoms with E-state index in [1.165, 1.54) is 18.4 Å². The van der Waals surface area contributed by atoms with E-state index in [1.807, 2.05) is 0 Å². The number of aliphatic imine (C=N–C) groups is 2. The highest BCUT2D eigenvalue weighted by Crippen LogP contribution is 2.25. The van der Waals surface area contributed by atoms with Gasteiger partial charge in [0.2, 0.25) is 0 Å². The summed E-state index contributed by atoms with van der Waals surface area (Å²) < 4.78 is 12.9. The van der Waals surface area contributed by atoms with Crippen LogP contribution in [-0.2, 0) is 0 Å². The van der Waals surface area contributed by atoms with Crippen molar-refractivity contribution in [3.05, 3.63) is 23.0 Å². The first-order valence-corrected chi connectivity index (χ1v) is 3.96. The maximum absolute atomic E-state index is 12.9. The normalized spacial score (nSPS) is 26.2. The van der Waals surface area contributed by atoms with Crippen molar-refractivity contribution in [3.8, 4) is 0 Å². The van der Waals surface area contributed by atoms with E-state index in [9.17, 15) is 9.18 Å². The van der Waals surface area contributed by atoms with Gasteiger partial charge in [0.05, 0.1) is 16.7 Å². The molecule has 0 aromatic heterocycles. The Labute approximate surface area is 78.3 Å². The number of halogens is 2. The fraction of sp³-hybridized carbons (Fsp3) is 0.125. The van der Waals surface area contributed by atoms with Crippen LogP contribution in [0.15, 0.2) is 33.0 Å². The summed E-state index contributed by atoms with van der Waals surface area (Å²) in [5, 5.41) is -0.0295. The first-order chi connectivity index (χ1) is 6.16. The number of nitrogens with zero attached hydrogens (tertiary/aromatic N) is 2. The van der Waals surface area contributed by atoms with Crippen molar-refractivity contribution in [1.82, 2.24) is 0 Å². The molecule has 66 valence electrons. The highest BCUT2D eigenvalue weighted by Gasteiger charge is 2.22. The van der Waals surface area contributed by atoms with Crippen molar-refractivity contribution in [2.24, 2.45) is 15.9 Å². The number of carbonyl (C=O) groups is 1. The van der Waals surface area contributed by atoms with Crippen LogP contribution < -0.4 is 0 Å². The number of hydrogen-bond donors (Lipinski definition) is 0. The minimum absolute atomic E-state index is 0.0295. The molecule has 3 nitrogen and oxygen atoms in total. The number of hydrogen-bond acceptors (Lipinski definition) is 1. The average Bonchev–Trinajstić information content (AvgIpc) is 2.08. The Morgan fingerprint density at radius 3 is 3.08 bits per heavy atom. The van der Waals surface area contributed by atoms with Gasteiger partial charge in [0.15, 0.2) is 0 Å². The summed E-state index contributed by atoms with van der Waals surface area (Å²) in [4.78, 5) is 17.8. The Bertz CT molecular complexity index is 395. The number of urea groups is 1. The van der Waals surface area contributed by atoms with Crippen LogP contribution in [0.4, 0.5) is 9.18 Å². The van der Waals surface area contributed by atoms with Crippen molar-refractivity contribution < 1.29 is 9.18 Å². The monoisotopic (exact) mass is 198 g/mol. The van der Waals surface area contributed by atoms with Gasteiger partial charge in [-0.25, -0.2) is 14.2 Å². The van der Waals surface area contributed by atoms with Crippen molar-refractivity contribution in [1.29, 1.82) is 0 Å². The van der Waals surface area contributed by atoms with Crippen molar-refractivity contribution in [3.63, 3.8) is 0 Å². The molecule has 2 rings (SSSR count). The molecule has 1 aliphatic carbocycles. The Morgan fingerprint density at radius 1 is 1.54 bits per heavy atom. The summed E-state index contributed by atoms with van der Waals surface area (Å²) in [5.41, 5.74) is 0.436. The summed E-state index contributed by atoms with van der Waals surface area (Å²) in [5.74, 6) is -0.869. The average molecular weight is 199 g/mol. The third-order valence-corrected chi connectivity index (χ3v) is 2.03. The molecule has 0 radical (unpaired) electrons. The number of rotatable bonds is 0. The van der Waals surface area contributed by atoms with Crippen LogP contribution in [0, 0.1) is 5.92 Å². The van der Waals surface area contributed by atoms with Crippen molar-refractivity contribution >= 4 is 29.6 Å². The van der Waals surface area contributed by atoms with Gasteiger partial charge in [0, 0.05) is 6.21 Å². The first-order valence-electron chi connectivity index (χ1n) is 3.58. The van der Waals surface area contributed by atoms with Crippen molar-refractivity contribution in [2.75, 3.05) is 0 Å². The smallest absolute Gasteiger partial charge is 0.244 e. The van der Waals surface area contributed by atoms with Gasteiger partial charge in [-0.15, -0.1) is 0 Å². The molecule has 2 aliphatic rings. The molecule has 1 heterocycles. The molecule has 1 aliphatic heterocycles. The van der Waals surface area contributed by atoms with Gasteiger partial charge in [0.1, 0.15) is 5.83 Å². The Morgan fingerprint density at radius 2 is 2.31 bits per heavy atom. The molecule has 0 saturated heterocycles. The Kier molecular flexibility index (Phi) is 1.84. The highest BCUT2D eigenvalue weighted by atomic mass is 35.5. The van der Waals surface area contributed by atoms with Gasteiger partial charge < -0.3 is 0 Å². The molecule has 0 bridgehead atoms. The lowest BCUT2D eigenvalue weighted by Crippen LogP contribution is -2.20. The molecule has 13 heavy (non-hydrogen) atoms. The molecule has 0 aromatic rings. The SMILES string of the molecule is O=C1N=CC2C=C(F)C(Cl)=CC2=N1. The van der Waals surface area contributed by atoms with E-state index in [-0.39, 0.29) is 11.0 Å². The van der Waals surface area contributed by atoms with Crippen LogP contribution >= 0.6 is 11.6 Å². The lowest BCUT2D eigenvalue weighted by atomic mass is 9.98. The van der Waals surface area contributed by atoms with E-state index in [0.717, 1.165) is 0 Å². The van der Waals surface area contributed by atoms with Crippen LogP contribution in [0.25, 0.3) is 0 Å². The van der Waals surface area contributed by atoms with Crippen LogP contribution in [0.5, 0.6) is 0 Å². The van der Waals surface area contributed by atoms with Gasteiger partial charge in [-0.2, -0.15) is 4.99 Å². The molecule has 0 spiro atoms. The largest absolute Gasteiger partial charge is 0.366 e. The number of allylic oxidation sites excluding steroid dienone is 4. The van der Waals surface area contributed by atoms with E-state index in [0.29, 0.717) is 5.71 Å². The molecule has 2 amide bonds. The number of amides is 2. The summed E-state index contributed by atoms with van der Waals surface area (Å²) in [6.45, 7) is 0. The minimum Gasteiger partial charge on any atom is -0.244 e. The van der Waals surface area contributed by atoms with E-state index in [1.54, 1.807) is 0 Å². The standard InChI is InChI=1S/C8H4ClFN2O/c9-5-2-7-4(1-6(5)10)3-11-8(13)12-7/h1-4H. The third-order valence-electron chi connectivity index (χ3n) is 1.74. The van der Waals surface area contributed by atoms with Gasteiger partial charge in [-0.3, -0.25) is 0 Å². The molecule has 0 saturated carbocycles. The quantitative estimate of drug-likeness (QED) is 0.589. The summed E-state index contributed by atoms with van der Waals surface area (Å²) >= 11 is 5.52. The topological polar surface area (TPSA) is 41.8 Å². The van der Waals surface area contributed by atoms with E-state index in [2.05, 4.69) is 9.98 Å². The number of carbonyl (C=O) groups excluding carboxylic acids is 1. The predicted molar refractivity (Wildman–Crippen MR) is 47.9 cm³/mol. The maximum Gasteiger partial charge on any atom is 0.366 e. The molecule has 5 heteroatoms. The second-order valence-corrected chi connectivity index (χ2v) is 3.04. The third kappa shape index (κ3) is 1.45. The Hall–Kier alpha value is -1.29. The summed E-state index contributed by atoms with van der Waals surface area (Å²) in [6, 6.07) is -0.581. The zero-order valence-electron chi connectivity index (χ0n) is 6.37. The van der Waals surface area contributed by atoms with Gasteiger partial charge in [0.25, 0.3) is 0 Å². The first kappa shape index (κ1) is 8.31. The number of fused-ring (bicyclic) bond motifs is 1. The van der Waals surface area contributed by atoms with Gasteiger partial charge >= 0.3 is 6.03 Å². The van der Waals surface area contributed by atoms with Crippen LogP contribution in [-0.4, -0.2) is 18.0 Å².